The van der Waals surface area contributed by atoms with Crippen molar-refractivity contribution in [1.82, 2.24) is 4.98 Å². The van der Waals surface area contributed by atoms with E-state index >= 15 is 0 Å². The van der Waals surface area contributed by atoms with Gasteiger partial charge in [-0.1, -0.05) is 0 Å². The molecule has 0 radical (unpaired) electrons. The van der Waals surface area contributed by atoms with E-state index in [4.69, 9.17) is 4.74 Å². The van der Waals surface area contributed by atoms with Crippen molar-refractivity contribution in [1.29, 1.82) is 0 Å². The fourth-order valence-electron chi connectivity index (χ4n) is 1.34. The van der Waals surface area contributed by atoms with E-state index in [1.165, 1.54) is 36.5 Å². The van der Waals surface area contributed by atoms with Crippen LogP contribution in [-0.4, -0.2) is 19.7 Å². The minimum absolute atomic E-state index is 0.170. The van der Waals surface area contributed by atoms with Crippen molar-refractivity contribution in [3.05, 3.63) is 46.8 Å². The number of halogens is 2. The van der Waals surface area contributed by atoms with Crippen LogP contribution in [0.3, 0.4) is 0 Å². The minimum atomic E-state index is -3.26. The van der Waals surface area contributed by atoms with E-state index in [0.717, 1.165) is 6.26 Å². The number of nitrogens with zero attached hydrogens (tertiary/aromatic N) is 1. The molecule has 4 nitrogen and oxygen atoms in total. The maximum absolute atomic E-state index is 13.5. The molecule has 0 aliphatic heterocycles. The third-order valence-corrected chi connectivity index (χ3v) is 3.80. The molecule has 1 aromatic heterocycles. The van der Waals surface area contributed by atoms with Gasteiger partial charge in [0.25, 0.3) is 5.88 Å². The minimum Gasteiger partial charge on any atom is -0.436 e. The lowest BCUT2D eigenvalue weighted by atomic mass is 10.3. The standard InChI is InChI=1S/C12H9BrFNO3S/c1-19(16,17)10-4-2-9(3-5-10)18-12-11(14)6-8(13)7-15-12/h2-7H,1H3. The van der Waals surface area contributed by atoms with Gasteiger partial charge in [0.1, 0.15) is 5.75 Å². The van der Waals surface area contributed by atoms with Gasteiger partial charge < -0.3 is 4.74 Å². The summed E-state index contributed by atoms with van der Waals surface area (Å²) in [6, 6.07) is 6.90. The number of hydrogen-bond donors (Lipinski definition) is 0. The Kier molecular flexibility index (Phi) is 3.86. The molecule has 0 spiro atoms. The van der Waals surface area contributed by atoms with Gasteiger partial charge >= 0.3 is 0 Å². The molecule has 7 heteroatoms. The van der Waals surface area contributed by atoms with E-state index in [0.29, 0.717) is 10.2 Å². The summed E-state index contributed by atoms with van der Waals surface area (Å²) in [4.78, 5) is 3.95. The fourth-order valence-corrected chi connectivity index (χ4v) is 2.28. The Balaban J connectivity index is 2.25. The van der Waals surface area contributed by atoms with Gasteiger partial charge in [-0.3, -0.25) is 0 Å². The molecule has 0 amide bonds. The van der Waals surface area contributed by atoms with E-state index < -0.39 is 15.7 Å². The molecular weight excluding hydrogens is 337 g/mol. The Hall–Kier alpha value is -1.47. The van der Waals surface area contributed by atoms with Crippen molar-refractivity contribution < 1.29 is 17.5 Å². The molecule has 1 aromatic carbocycles. The highest BCUT2D eigenvalue weighted by Gasteiger charge is 2.09. The molecule has 19 heavy (non-hydrogen) atoms. The van der Waals surface area contributed by atoms with E-state index in [2.05, 4.69) is 20.9 Å². The molecule has 0 unspecified atom stereocenters. The van der Waals surface area contributed by atoms with Crippen LogP contribution >= 0.6 is 15.9 Å². The molecule has 2 rings (SSSR count). The van der Waals surface area contributed by atoms with Gasteiger partial charge in [0, 0.05) is 16.9 Å². The first-order chi connectivity index (χ1) is 8.86. The quantitative estimate of drug-likeness (QED) is 0.857. The largest absolute Gasteiger partial charge is 0.436 e. The molecule has 0 atom stereocenters. The SMILES string of the molecule is CS(=O)(=O)c1ccc(Oc2ncc(Br)cc2F)cc1. The van der Waals surface area contributed by atoms with Crippen LogP contribution in [0, 0.1) is 5.82 Å². The van der Waals surface area contributed by atoms with Crippen LogP contribution in [0.15, 0.2) is 45.9 Å². The van der Waals surface area contributed by atoms with Crippen LogP contribution in [-0.2, 0) is 9.84 Å². The van der Waals surface area contributed by atoms with Gasteiger partial charge in [-0.05, 0) is 46.3 Å². The molecule has 1 heterocycles. The molecule has 0 fully saturated rings. The number of aromatic nitrogens is 1. The van der Waals surface area contributed by atoms with Crippen molar-refractivity contribution in [2.24, 2.45) is 0 Å². The first kappa shape index (κ1) is 14.0. The van der Waals surface area contributed by atoms with Gasteiger partial charge in [-0.25, -0.2) is 17.8 Å². The Morgan fingerprint density at radius 2 is 1.89 bits per heavy atom. The highest BCUT2D eigenvalue weighted by molar-refractivity contribution is 9.10. The molecule has 0 saturated carbocycles. The highest BCUT2D eigenvalue weighted by Crippen LogP contribution is 2.25. The van der Waals surface area contributed by atoms with Crippen molar-refractivity contribution in [2.75, 3.05) is 6.26 Å². The van der Waals surface area contributed by atoms with Crippen LogP contribution in [0.2, 0.25) is 0 Å². The van der Waals surface area contributed by atoms with Crippen molar-refractivity contribution in [2.45, 2.75) is 4.90 Å². The lowest BCUT2D eigenvalue weighted by Crippen LogP contribution is -1.97. The Morgan fingerprint density at radius 3 is 2.42 bits per heavy atom. The lowest BCUT2D eigenvalue weighted by Gasteiger charge is -2.06. The molecule has 0 saturated heterocycles. The average Bonchev–Trinajstić information content (AvgIpc) is 2.32. The number of sulfone groups is 1. The van der Waals surface area contributed by atoms with Gasteiger partial charge in [0.2, 0.25) is 0 Å². The van der Waals surface area contributed by atoms with Crippen LogP contribution in [0.1, 0.15) is 0 Å². The number of benzene rings is 1. The Labute approximate surface area is 118 Å². The van der Waals surface area contributed by atoms with E-state index in [1.807, 2.05) is 0 Å². The highest BCUT2D eigenvalue weighted by atomic mass is 79.9. The first-order valence-corrected chi connectivity index (χ1v) is 7.84. The van der Waals surface area contributed by atoms with Gasteiger partial charge in [-0.15, -0.1) is 0 Å². The van der Waals surface area contributed by atoms with Crippen LogP contribution in [0.4, 0.5) is 4.39 Å². The van der Waals surface area contributed by atoms with Crippen molar-refractivity contribution in [3.63, 3.8) is 0 Å². The summed E-state index contributed by atoms with van der Waals surface area (Å²) in [5, 5.41) is 0. The number of pyridine rings is 1. The van der Waals surface area contributed by atoms with Crippen LogP contribution < -0.4 is 4.74 Å². The van der Waals surface area contributed by atoms with Crippen LogP contribution in [0.25, 0.3) is 0 Å². The zero-order valence-electron chi connectivity index (χ0n) is 9.80. The third-order valence-electron chi connectivity index (χ3n) is 2.24. The number of ether oxygens (including phenoxy) is 1. The average molecular weight is 346 g/mol. The Bertz CT molecular complexity index is 701. The van der Waals surface area contributed by atoms with E-state index in [1.54, 1.807) is 0 Å². The predicted molar refractivity (Wildman–Crippen MR) is 71.5 cm³/mol. The molecule has 100 valence electrons. The number of rotatable bonds is 3. The monoisotopic (exact) mass is 345 g/mol. The van der Waals surface area contributed by atoms with Crippen molar-refractivity contribution >= 4 is 25.8 Å². The molecule has 0 aliphatic carbocycles. The predicted octanol–water partition coefficient (Wildman–Crippen LogP) is 3.18. The van der Waals surface area contributed by atoms with E-state index in [9.17, 15) is 12.8 Å². The summed E-state index contributed by atoms with van der Waals surface area (Å²) in [5.74, 6) is -0.474. The van der Waals surface area contributed by atoms with Crippen molar-refractivity contribution in [3.8, 4) is 11.6 Å². The first-order valence-electron chi connectivity index (χ1n) is 5.15. The Morgan fingerprint density at radius 1 is 1.26 bits per heavy atom. The maximum atomic E-state index is 13.5. The fraction of sp³-hybridized carbons (Fsp3) is 0.0833. The maximum Gasteiger partial charge on any atom is 0.255 e. The topological polar surface area (TPSA) is 56.3 Å². The number of hydrogen-bond acceptors (Lipinski definition) is 4. The second kappa shape index (κ2) is 5.26. The molecule has 0 N–H and O–H groups in total. The zero-order valence-corrected chi connectivity index (χ0v) is 12.2. The van der Waals surface area contributed by atoms with Gasteiger partial charge in [-0.2, -0.15) is 0 Å². The third kappa shape index (κ3) is 3.51. The summed E-state index contributed by atoms with van der Waals surface area (Å²) < 4.78 is 41.8. The summed E-state index contributed by atoms with van der Waals surface area (Å²) in [6.07, 6.45) is 2.52. The second-order valence-electron chi connectivity index (χ2n) is 3.79. The smallest absolute Gasteiger partial charge is 0.255 e. The normalized spacial score (nSPS) is 11.3. The molecule has 2 aromatic rings. The lowest BCUT2D eigenvalue weighted by molar-refractivity contribution is 0.422. The van der Waals surface area contributed by atoms with Crippen LogP contribution in [0.5, 0.6) is 11.6 Å². The molecular formula is C12H9BrFNO3S. The zero-order chi connectivity index (χ0) is 14.0. The van der Waals surface area contributed by atoms with E-state index in [-0.39, 0.29) is 10.8 Å². The van der Waals surface area contributed by atoms with Gasteiger partial charge in [0.15, 0.2) is 15.7 Å². The van der Waals surface area contributed by atoms with Gasteiger partial charge in [0.05, 0.1) is 4.90 Å². The summed E-state index contributed by atoms with van der Waals surface area (Å²) in [5.41, 5.74) is 0. The summed E-state index contributed by atoms with van der Waals surface area (Å²) in [7, 11) is -3.26. The molecule has 0 bridgehead atoms. The second-order valence-corrected chi connectivity index (χ2v) is 6.72. The molecule has 0 aliphatic rings. The summed E-state index contributed by atoms with van der Waals surface area (Å²) in [6.45, 7) is 0. The summed E-state index contributed by atoms with van der Waals surface area (Å²) >= 11 is 3.09.